The zero-order valence-corrected chi connectivity index (χ0v) is 16.5. The van der Waals surface area contributed by atoms with E-state index in [9.17, 15) is 31.9 Å². The molecule has 6 nitrogen and oxygen atoms in total. The van der Waals surface area contributed by atoms with E-state index in [-0.39, 0.29) is 12.0 Å². The fraction of sp³-hybridized carbons (Fsp3) is 0.286. The monoisotopic (exact) mass is 439 g/mol. The maximum atomic E-state index is 13.4. The Morgan fingerprint density at radius 2 is 1.65 bits per heavy atom. The molecule has 166 valence electrons. The van der Waals surface area contributed by atoms with Crippen LogP contribution < -0.4 is 16.4 Å². The van der Waals surface area contributed by atoms with Crippen LogP contribution in [0, 0.1) is 5.82 Å². The van der Waals surface area contributed by atoms with Gasteiger partial charge in [-0.2, -0.15) is 13.2 Å². The summed E-state index contributed by atoms with van der Waals surface area (Å²) < 4.78 is 53.1. The third-order valence-corrected chi connectivity index (χ3v) is 4.43. The summed E-state index contributed by atoms with van der Waals surface area (Å²) >= 11 is 0. The van der Waals surface area contributed by atoms with Gasteiger partial charge in [0.05, 0.1) is 5.56 Å². The van der Waals surface area contributed by atoms with Crippen LogP contribution in [0.3, 0.4) is 0 Å². The molecule has 3 amide bonds. The molecule has 0 saturated heterocycles. The van der Waals surface area contributed by atoms with Gasteiger partial charge in [-0.3, -0.25) is 14.4 Å². The second kappa shape index (κ2) is 10.1. The van der Waals surface area contributed by atoms with Crippen LogP contribution in [-0.2, 0) is 33.4 Å². The van der Waals surface area contributed by atoms with E-state index < -0.39 is 53.8 Å². The first-order chi connectivity index (χ1) is 14.5. The molecule has 0 aliphatic carbocycles. The molecule has 0 heterocycles. The van der Waals surface area contributed by atoms with Crippen molar-refractivity contribution in [1.29, 1.82) is 0 Å². The Hall–Kier alpha value is -3.43. The SMILES string of the molecule is CC(=O)N[C@@H](Cc1cccc(F)c1)C(=O)N[C@@H](Cc1ccccc1C(F)(F)F)C(N)=O. The van der Waals surface area contributed by atoms with Crippen LogP contribution >= 0.6 is 0 Å². The molecule has 0 aliphatic rings. The van der Waals surface area contributed by atoms with Crippen LogP contribution in [0.25, 0.3) is 0 Å². The first kappa shape index (κ1) is 23.8. The average molecular weight is 439 g/mol. The van der Waals surface area contributed by atoms with Crippen LogP contribution in [0.15, 0.2) is 48.5 Å². The van der Waals surface area contributed by atoms with E-state index in [0.29, 0.717) is 5.56 Å². The van der Waals surface area contributed by atoms with Gasteiger partial charge in [0.1, 0.15) is 17.9 Å². The van der Waals surface area contributed by atoms with Crippen molar-refractivity contribution in [2.45, 2.75) is 38.0 Å². The maximum Gasteiger partial charge on any atom is 0.416 e. The molecule has 0 bridgehead atoms. The normalized spacial score (nSPS) is 13.2. The number of benzene rings is 2. The molecule has 4 N–H and O–H groups in total. The minimum absolute atomic E-state index is 0.103. The third kappa shape index (κ3) is 7.09. The molecule has 2 aromatic rings. The van der Waals surface area contributed by atoms with E-state index in [2.05, 4.69) is 10.6 Å². The van der Waals surface area contributed by atoms with Gasteiger partial charge in [0.2, 0.25) is 17.7 Å². The van der Waals surface area contributed by atoms with Gasteiger partial charge in [-0.15, -0.1) is 0 Å². The van der Waals surface area contributed by atoms with Gasteiger partial charge in [0.25, 0.3) is 0 Å². The molecule has 31 heavy (non-hydrogen) atoms. The van der Waals surface area contributed by atoms with E-state index in [1.54, 1.807) is 0 Å². The first-order valence-corrected chi connectivity index (χ1v) is 9.23. The summed E-state index contributed by atoms with van der Waals surface area (Å²) in [6.45, 7) is 1.16. The second-order valence-corrected chi connectivity index (χ2v) is 6.91. The first-order valence-electron chi connectivity index (χ1n) is 9.23. The number of halogens is 4. The van der Waals surface area contributed by atoms with Crippen molar-refractivity contribution in [1.82, 2.24) is 10.6 Å². The summed E-state index contributed by atoms with van der Waals surface area (Å²) in [5.41, 5.74) is 4.52. The lowest BCUT2D eigenvalue weighted by Gasteiger charge is -2.23. The van der Waals surface area contributed by atoms with Crippen LogP contribution in [-0.4, -0.2) is 29.8 Å². The zero-order chi connectivity index (χ0) is 23.2. The molecule has 2 aromatic carbocycles. The van der Waals surface area contributed by atoms with E-state index in [1.807, 2.05) is 0 Å². The number of nitrogens with two attached hydrogens (primary N) is 1. The van der Waals surface area contributed by atoms with E-state index in [1.165, 1.54) is 42.5 Å². The largest absolute Gasteiger partial charge is 0.416 e. The Kier molecular flexibility index (Phi) is 7.73. The second-order valence-electron chi connectivity index (χ2n) is 6.91. The van der Waals surface area contributed by atoms with Crippen LogP contribution in [0.1, 0.15) is 23.6 Å². The highest BCUT2D eigenvalue weighted by Crippen LogP contribution is 2.32. The van der Waals surface area contributed by atoms with Gasteiger partial charge in [0, 0.05) is 19.8 Å². The molecule has 0 spiro atoms. The van der Waals surface area contributed by atoms with Gasteiger partial charge in [-0.25, -0.2) is 4.39 Å². The average Bonchev–Trinajstić information content (AvgIpc) is 2.66. The molecule has 0 saturated carbocycles. The van der Waals surface area contributed by atoms with Gasteiger partial charge in [-0.05, 0) is 29.3 Å². The molecule has 10 heteroatoms. The van der Waals surface area contributed by atoms with Gasteiger partial charge in [-0.1, -0.05) is 30.3 Å². The van der Waals surface area contributed by atoms with Gasteiger partial charge < -0.3 is 16.4 Å². The highest BCUT2D eigenvalue weighted by Gasteiger charge is 2.34. The van der Waals surface area contributed by atoms with E-state index in [0.717, 1.165) is 13.0 Å². The lowest BCUT2D eigenvalue weighted by atomic mass is 9.98. The number of carbonyl (C=O) groups is 3. The fourth-order valence-electron chi connectivity index (χ4n) is 3.04. The summed E-state index contributed by atoms with van der Waals surface area (Å²) in [4.78, 5) is 36.0. The minimum atomic E-state index is -4.65. The number of hydrogen-bond acceptors (Lipinski definition) is 3. The molecular weight excluding hydrogens is 418 g/mol. The smallest absolute Gasteiger partial charge is 0.368 e. The van der Waals surface area contributed by atoms with E-state index in [4.69, 9.17) is 5.73 Å². The highest BCUT2D eigenvalue weighted by molar-refractivity contribution is 5.91. The van der Waals surface area contributed by atoms with Crippen molar-refractivity contribution in [2.75, 3.05) is 0 Å². The number of hydrogen-bond donors (Lipinski definition) is 3. The minimum Gasteiger partial charge on any atom is -0.368 e. The Labute approximate surface area is 175 Å². The van der Waals surface area contributed by atoms with Crippen LogP contribution in [0.5, 0.6) is 0 Å². The Morgan fingerprint density at radius 3 is 2.23 bits per heavy atom. The summed E-state index contributed by atoms with van der Waals surface area (Å²) in [6.07, 6.45) is -5.25. The quantitative estimate of drug-likeness (QED) is 0.549. The molecule has 2 rings (SSSR count). The highest BCUT2D eigenvalue weighted by atomic mass is 19.4. The lowest BCUT2D eigenvalue weighted by molar-refractivity contribution is -0.138. The molecule has 0 unspecified atom stereocenters. The van der Waals surface area contributed by atoms with Crippen molar-refractivity contribution in [3.8, 4) is 0 Å². The van der Waals surface area contributed by atoms with Gasteiger partial charge >= 0.3 is 6.18 Å². The molecule has 0 fully saturated rings. The molecule has 2 atom stereocenters. The topological polar surface area (TPSA) is 101 Å². The number of carbonyl (C=O) groups excluding carboxylic acids is 3. The summed E-state index contributed by atoms with van der Waals surface area (Å²) in [5.74, 6) is -2.99. The predicted molar refractivity (Wildman–Crippen MR) is 104 cm³/mol. The Morgan fingerprint density at radius 1 is 0.968 bits per heavy atom. The summed E-state index contributed by atoms with van der Waals surface area (Å²) in [7, 11) is 0. The van der Waals surface area contributed by atoms with Crippen molar-refractivity contribution in [2.24, 2.45) is 5.73 Å². The number of rotatable bonds is 8. The van der Waals surface area contributed by atoms with Crippen molar-refractivity contribution < 1.29 is 31.9 Å². The van der Waals surface area contributed by atoms with E-state index >= 15 is 0 Å². The third-order valence-electron chi connectivity index (χ3n) is 4.43. The van der Waals surface area contributed by atoms with Crippen molar-refractivity contribution in [3.63, 3.8) is 0 Å². The molecular formula is C21H21F4N3O3. The summed E-state index contributed by atoms with van der Waals surface area (Å²) in [5, 5.41) is 4.68. The Bertz CT molecular complexity index is 963. The number of nitrogens with one attached hydrogen (secondary N) is 2. The zero-order valence-electron chi connectivity index (χ0n) is 16.5. The summed E-state index contributed by atoms with van der Waals surface area (Å²) in [6, 6.07) is 7.31. The predicted octanol–water partition coefficient (Wildman–Crippen LogP) is 2.10. The lowest BCUT2D eigenvalue weighted by Crippen LogP contribution is -2.54. The molecule has 0 radical (unpaired) electrons. The molecule has 0 aromatic heterocycles. The Balaban J connectivity index is 2.23. The van der Waals surface area contributed by atoms with Crippen molar-refractivity contribution in [3.05, 3.63) is 71.0 Å². The van der Waals surface area contributed by atoms with Crippen LogP contribution in [0.4, 0.5) is 17.6 Å². The number of alkyl halides is 3. The van der Waals surface area contributed by atoms with Gasteiger partial charge in [0.15, 0.2) is 0 Å². The van der Waals surface area contributed by atoms with Crippen LogP contribution in [0.2, 0.25) is 0 Å². The van der Waals surface area contributed by atoms with Crippen molar-refractivity contribution >= 4 is 17.7 Å². The fourth-order valence-corrected chi connectivity index (χ4v) is 3.04. The number of primary amides is 1. The molecule has 0 aliphatic heterocycles. The number of amides is 3. The standard InChI is InChI=1S/C21H21F4N3O3/c1-12(29)27-18(10-13-5-4-7-15(22)9-13)20(31)28-17(19(26)30)11-14-6-2-3-8-16(14)21(23,24)25/h2-9,17-18H,10-11H2,1H3,(H2,26,30)(H,27,29)(H,28,31)/t17-,18-/m0/s1. The maximum absolute atomic E-state index is 13.4.